The van der Waals surface area contributed by atoms with Crippen molar-refractivity contribution >= 4 is 6.09 Å². The lowest BCUT2D eigenvalue weighted by Gasteiger charge is -2.27. The Hall–Kier alpha value is -2.57. The number of methoxy groups -OCH3 is 1. The summed E-state index contributed by atoms with van der Waals surface area (Å²) >= 11 is 0. The normalized spacial score (nSPS) is 17.6. The second kappa shape index (κ2) is 6.74. The van der Waals surface area contributed by atoms with Crippen molar-refractivity contribution in [3.05, 3.63) is 30.1 Å². The molecule has 2 heterocycles. The van der Waals surface area contributed by atoms with E-state index in [1.165, 1.54) is 0 Å². The molecule has 1 saturated heterocycles. The van der Waals surface area contributed by atoms with E-state index in [1.54, 1.807) is 12.0 Å². The Morgan fingerprint density at radius 2 is 2.08 bits per heavy atom. The van der Waals surface area contributed by atoms with Gasteiger partial charge in [0.05, 0.1) is 18.7 Å². The van der Waals surface area contributed by atoms with Crippen molar-refractivity contribution in [1.82, 2.24) is 20.1 Å². The first-order chi connectivity index (χ1) is 11.9. The van der Waals surface area contributed by atoms with Crippen LogP contribution in [-0.4, -0.2) is 45.4 Å². The van der Waals surface area contributed by atoms with Gasteiger partial charge >= 0.3 is 6.09 Å². The smallest absolute Gasteiger partial charge is 0.410 e. The fraction of sp³-hybridized carbons (Fsp3) is 0.500. The standard InChI is InChI=1S/C18H24N4O3/c1-18(2,3)25-17(23)22-11-7-9-13(22)16-19-15(20-21-16)12-8-5-6-10-14(12)24-4/h5-6,8,10,13H,7,9,11H2,1-4H3,(H,19,20,21)/t13-/m0/s1. The first-order valence-electron chi connectivity index (χ1n) is 8.44. The molecule has 1 N–H and O–H groups in total. The average Bonchev–Trinajstić information content (AvgIpc) is 3.22. The third-order valence-electron chi connectivity index (χ3n) is 4.05. The van der Waals surface area contributed by atoms with Crippen LogP contribution in [-0.2, 0) is 4.74 Å². The lowest BCUT2D eigenvalue weighted by atomic mass is 10.2. The fourth-order valence-corrected chi connectivity index (χ4v) is 2.96. The van der Waals surface area contributed by atoms with Crippen molar-refractivity contribution in [2.75, 3.05) is 13.7 Å². The second-order valence-electron chi connectivity index (χ2n) is 7.08. The van der Waals surface area contributed by atoms with E-state index in [0.29, 0.717) is 23.9 Å². The van der Waals surface area contributed by atoms with Crippen molar-refractivity contribution in [2.45, 2.75) is 45.3 Å². The highest BCUT2D eigenvalue weighted by Crippen LogP contribution is 2.33. The number of hydrogen-bond donors (Lipinski definition) is 1. The molecule has 1 atom stereocenters. The minimum atomic E-state index is -0.520. The maximum Gasteiger partial charge on any atom is 0.410 e. The van der Waals surface area contributed by atoms with Crippen molar-refractivity contribution in [3.8, 4) is 17.1 Å². The molecule has 1 amide bonds. The zero-order chi connectivity index (χ0) is 18.0. The number of ether oxygens (including phenoxy) is 2. The molecule has 7 nitrogen and oxygen atoms in total. The summed E-state index contributed by atoms with van der Waals surface area (Å²) in [5, 5.41) is 7.29. The molecular weight excluding hydrogens is 320 g/mol. The summed E-state index contributed by atoms with van der Waals surface area (Å²) in [6, 6.07) is 7.44. The van der Waals surface area contributed by atoms with E-state index in [4.69, 9.17) is 9.47 Å². The van der Waals surface area contributed by atoms with Gasteiger partial charge in [-0.25, -0.2) is 9.78 Å². The highest BCUT2D eigenvalue weighted by Gasteiger charge is 2.35. The molecule has 1 aliphatic heterocycles. The van der Waals surface area contributed by atoms with E-state index in [-0.39, 0.29) is 12.1 Å². The quantitative estimate of drug-likeness (QED) is 0.921. The summed E-state index contributed by atoms with van der Waals surface area (Å²) in [7, 11) is 1.62. The molecule has 1 fully saturated rings. The topological polar surface area (TPSA) is 80.3 Å². The molecular formula is C18H24N4O3. The molecule has 1 aromatic heterocycles. The van der Waals surface area contributed by atoms with Gasteiger partial charge in [-0.1, -0.05) is 12.1 Å². The van der Waals surface area contributed by atoms with Crippen molar-refractivity contribution in [3.63, 3.8) is 0 Å². The van der Waals surface area contributed by atoms with Gasteiger partial charge < -0.3 is 9.47 Å². The molecule has 0 radical (unpaired) electrons. The van der Waals surface area contributed by atoms with Crippen LogP contribution in [0.25, 0.3) is 11.4 Å². The lowest BCUT2D eigenvalue weighted by molar-refractivity contribution is 0.0218. The number of aromatic amines is 1. The Balaban J connectivity index is 1.83. The van der Waals surface area contributed by atoms with Gasteiger partial charge in [-0.15, -0.1) is 0 Å². The molecule has 3 rings (SSSR count). The van der Waals surface area contributed by atoms with E-state index in [9.17, 15) is 4.79 Å². The number of rotatable bonds is 3. The van der Waals surface area contributed by atoms with Crippen LogP contribution >= 0.6 is 0 Å². The lowest BCUT2D eigenvalue weighted by Crippen LogP contribution is -2.36. The van der Waals surface area contributed by atoms with Gasteiger partial charge in [0.25, 0.3) is 0 Å². The van der Waals surface area contributed by atoms with E-state index >= 15 is 0 Å². The molecule has 0 unspecified atom stereocenters. The van der Waals surface area contributed by atoms with Gasteiger partial charge in [-0.05, 0) is 45.7 Å². The summed E-state index contributed by atoms with van der Waals surface area (Å²) < 4.78 is 10.9. The predicted molar refractivity (Wildman–Crippen MR) is 93.3 cm³/mol. The Bertz CT molecular complexity index is 751. The first-order valence-corrected chi connectivity index (χ1v) is 8.44. The molecule has 1 aliphatic rings. The highest BCUT2D eigenvalue weighted by molar-refractivity contribution is 5.69. The Morgan fingerprint density at radius 3 is 2.80 bits per heavy atom. The number of hydrogen-bond acceptors (Lipinski definition) is 5. The molecule has 25 heavy (non-hydrogen) atoms. The molecule has 134 valence electrons. The van der Waals surface area contributed by atoms with Crippen molar-refractivity contribution in [2.24, 2.45) is 0 Å². The summed E-state index contributed by atoms with van der Waals surface area (Å²) in [6.45, 7) is 6.25. The molecule has 2 aromatic rings. The number of nitrogens with zero attached hydrogens (tertiary/aromatic N) is 3. The van der Waals surface area contributed by atoms with Crippen molar-refractivity contribution in [1.29, 1.82) is 0 Å². The van der Waals surface area contributed by atoms with Gasteiger partial charge in [0.2, 0.25) is 0 Å². The number of para-hydroxylation sites is 1. The van der Waals surface area contributed by atoms with Crippen molar-refractivity contribution < 1.29 is 14.3 Å². The third kappa shape index (κ3) is 3.75. The number of benzene rings is 1. The molecule has 7 heteroatoms. The molecule has 0 bridgehead atoms. The molecule has 0 saturated carbocycles. The minimum Gasteiger partial charge on any atom is -0.496 e. The van der Waals surface area contributed by atoms with Crippen LogP contribution in [0.4, 0.5) is 4.79 Å². The Labute approximate surface area is 147 Å². The summed E-state index contributed by atoms with van der Waals surface area (Å²) in [5.74, 6) is 1.94. The van der Waals surface area contributed by atoms with E-state index in [1.807, 2.05) is 45.0 Å². The van der Waals surface area contributed by atoms with Crippen LogP contribution in [0.3, 0.4) is 0 Å². The van der Waals surface area contributed by atoms with Gasteiger partial charge in [0.1, 0.15) is 17.2 Å². The predicted octanol–water partition coefficient (Wildman–Crippen LogP) is 3.55. The van der Waals surface area contributed by atoms with Crippen LogP contribution in [0.1, 0.15) is 45.5 Å². The maximum absolute atomic E-state index is 12.4. The zero-order valence-electron chi connectivity index (χ0n) is 15.1. The van der Waals surface area contributed by atoms with E-state index in [0.717, 1.165) is 18.4 Å². The Kier molecular flexibility index (Phi) is 4.65. The minimum absolute atomic E-state index is 0.147. The number of H-pyrrole nitrogens is 1. The number of carbonyl (C=O) groups excluding carboxylic acids is 1. The van der Waals surface area contributed by atoms with E-state index < -0.39 is 5.60 Å². The first kappa shape index (κ1) is 17.3. The SMILES string of the molecule is COc1ccccc1-c1n[nH]c([C@@H]2CCCN2C(=O)OC(C)(C)C)n1. The third-order valence-corrected chi connectivity index (χ3v) is 4.05. The van der Waals surface area contributed by atoms with Crippen LogP contribution in [0.15, 0.2) is 24.3 Å². The van der Waals surface area contributed by atoms with Gasteiger partial charge in [-0.3, -0.25) is 10.00 Å². The van der Waals surface area contributed by atoms with Gasteiger partial charge in [0.15, 0.2) is 5.82 Å². The van der Waals surface area contributed by atoms with Crippen LogP contribution < -0.4 is 4.74 Å². The Morgan fingerprint density at radius 1 is 1.32 bits per heavy atom. The molecule has 0 aliphatic carbocycles. The molecule has 0 spiro atoms. The number of nitrogens with one attached hydrogen (secondary N) is 1. The second-order valence-corrected chi connectivity index (χ2v) is 7.08. The van der Waals surface area contributed by atoms with E-state index in [2.05, 4.69) is 15.2 Å². The maximum atomic E-state index is 12.4. The fourth-order valence-electron chi connectivity index (χ4n) is 2.96. The average molecular weight is 344 g/mol. The monoisotopic (exact) mass is 344 g/mol. The van der Waals surface area contributed by atoms with Crippen LogP contribution in [0, 0.1) is 0 Å². The largest absolute Gasteiger partial charge is 0.496 e. The number of amides is 1. The number of carbonyl (C=O) groups is 1. The number of likely N-dealkylation sites (tertiary alicyclic amines) is 1. The summed E-state index contributed by atoms with van der Waals surface area (Å²) in [5.41, 5.74) is 0.295. The van der Waals surface area contributed by atoms with Crippen LogP contribution in [0.2, 0.25) is 0 Å². The van der Waals surface area contributed by atoms with Crippen LogP contribution in [0.5, 0.6) is 5.75 Å². The summed E-state index contributed by atoms with van der Waals surface area (Å²) in [4.78, 5) is 18.8. The molecule has 1 aromatic carbocycles. The zero-order valence-corrected chi connectivity index (χ0v) is 15.1. The van der Waals surface area contributed by atoms with Gasteiger partial charge in [0, 0.05) is 6.54 Å². The van der Waals surface area contributed by atoms with Gasteiger partial charge in [-0.2, -0.15) is 5.10 Å². The number of aromatic nitrogens is 3. The highest BCUT2D eigenvalue weighted by atomic mass is 16.6. The summed E-state index contributed by atoms with van der Waals surface area (Å²) in [6.07, 6.45) is 1.43.